The maximum absolute atomic E-state index is 13.4. The predicted molar refractivity (Wildman–Crippen MR) is 149 cm³/mol. The van der Waals surface area contributed by atoms with Crippen molar-refractivity contribution in [1.29, 1.82) is 0 Å². The standard InChI is InChI=1S/C31H32N2O3S/c1-3-19-33(20-4-2)37(34,35)24-17-18-29-28(21-24)25-14-10-15-26(25)31(32-29)27-13-8-9-16-30(27)36-22-23-11-6-5-7-12-23/h3-14,16-18,21,25-26,31-32H,1-2,15,19-20,22H2. The second kappa shape index (κ2) is 10.8. The van der Waals surface area contributed by atoms with Crippen LogP contribution in [0, 0.1) is 5.92 Å². The number of para-hydroxylation sites is 1. The van der Waals surface area contributed by atoms with Crippen molar-refractivity contribution in [2.45, 2.75) is 29.9 Å². The maximum atomic E-state index is 13.4. The number of nitrogens with zero attached hydrogens (tertiary/aromatic N) is 1. The van der Waals surface area contributed by atoms with Gasteiger partial charge in [-0.05, 0) is 47.7 Å². The Morgan fingerprint density at radius 3 is 2.43 bits per heavy atom. The van der Waals surface area contributed by atoms with Gasteiger partial charge in [0, 0.05) is 30.3 Å². The maximum Gasteiger partial charge on any atom is 0.243 e. The number of benzene rings is 3. The van der Waals surface area contributed by atoms with Crippen molar-refractivity contribution in [3.8, 4) is 5.75 Å². The highest BCUT2D eigenvalue weighted by Gasteiger charge is 2.39. The fourth-order valence-electron chi connectivity index (χ4n) is 5.35. The molecule has 2 aliphatic rings. The Balaban J connectivity index is 1.46. The molecule has 0 bridgehead atoms. The van der Waals surface area contributed by atoms with E-state index in [0.29, 0.717) is 11.5 Å². The third-order valence-electron chi connectivity index (χ3n) is 7.13. The summed E-state index contributed by atoms with van der Waals surface area (Å²) in [5.41, 5.74) is 4.20. The number of rotatable bonds is 10. The number of fused-ring (bicyclic) bond motifs is 3. The molecule has 37 heavy (non-hydrogen) atoms. The van der Waals surface area contributed by atoms with Crippen LogP contribution in [0.1, 0.15) is 35.1 Å². The number of ether oxygens (including phenoxy) is 1. The van der Waals surface area contributed by atoms with Crippen LogP contribution in [0.15, 0.2) is 115 Å². The van der Waals surface area contributed by atoms with Gasteiger partial charge in [-0.2, -0.15) is 4.31 Å². The Hall–Kier alpha value is -3.61. The number of anilines is 1. The number of sulfonamides is 1. The van der Waals surface area contributed by atoms with E-state index < -0.39 is 10.0 Å². The van der Waals surface area contributed by atoms with Crippen LogP contribution < -0.4 is 10.1 Å². The highest BCUT2D eigenvalue weighted by molar-refractivity contribution is 7.89. The van der Waals surface area contributed by atoms with Gasteiger partial charge in [0.25, 0.3) is 0 Å². The molecular formula is C31H32N2O3S. The SMILES string of the molecule is C=CCN(CC=C)S(=O)(=O)c1ccc2c(c1)C1C=CCC1C(c1ccccc1OCc1ccccc1)N2. The molecule has 6 heteroatoms. The van der Waals surface area contributed by atoms with Crippen LogP contribution in [0.3, 0.4) is 0 Å². The van der Waals surface area contributed by atoms with Crippen molar-refractivity contribution in [2.75, 3.05) is 18.4 Å². The summed E-state index contributed by atoms with van der Waals surface area (Å²) in [5, 5.41) is 3.72. The molecule has 1 aliphatic carbocycles. The lowest BCUT2D eigenvalue weighted by atomic mass is 9.77. The molecule has 3 unspecified atom stereocenters. The number of hydrogen-bond donors (Lipinski definition) is 1. The average Bonchev–Trinajstić information content (AvgIpc) is 3.42. The molecule has 0 amide bonds. The summed E-state index contributed by atoms with van der Waals surface area (Å²) in [6, 6.07) is 23.8. The highest BCUT2D eigenvalue weighted by atomic mass is 32.2. The van der Waals surface area contributed by atoms with Crippen LogP contribution in [0.2, 0.25) is 0 Å². The zero-order chi connectivity index (χ0) is 25.8. The van der Waals surface area contributed by atoms with Crippen molar-refractivity contribution in [3.63, 3.8) is 0 Å². The van der Waals surface area contributed by atoms with Gasteiger partial charge in [-0.15, -0.1) is 13.2 Å². The lowest BCUT2D eigenvalue weighted by Gasteiger charge is -2.38. The van der Waals surface area contributed by atoms with Crippen LogP contribution in [0.5, 0.6) is 5.75 Å². The van der Waals surface area contributed by atoms with Gasteiger partial charge in [0.2, 0.25) is 10.0 Å². The molecule has 0 saturated heterocycles. The van der Waals surface area contributed by atoms with Gasteiger partial charge in [-0.25, -0.2) is 8.42 Å². The number of hydrogen-bond acceptors (Lipinski definition) is 4. The predicted octanol–water partition coefficient (Wildman–Crippen LogP) is 6.45. The monoisotopic (exact) mass is 512 g/mol. The van der Waals surface area contributed by atoms with Crippen LogP contribution in [0.25, 0.3) is 0 Å². The summed E-state index contributed by atoms with van der Waals surface area (Å²) < 4.78 is 34.4. The number of allylic oxidation sites excluding steroid dienone is 2. The van der Waals surface area contributed by atoms with E-state index >= 15 is 0 Å². The molecule has 3 aromatic carbocycles. The molecule has 0 aromatic heterocycles. The molecule has 3 aromatic rings. The van der Waals surface area contributed by atoms with Crippen molar-refractivity contribution in [2.24, 2.45) is 5.92 Å². The van der Waals surface area contributed by atoms with Crippen LogP contribution in [0.4, 0.5) is 5.69 Å². The van der Waals surface area contributed by atoms with Gasteiger partial charge in [0.15, 0.2) is 0 Å². The highest BCUT2D eigenvalue weighted by Crippen LogP contribution is 2.51. The van der Waals surface area contributed by atoms with Gasteiger partial charge in [-0.3, -0.25) is 0 Å². The van der Waals surface area contributed by atoms with E-state index in [1.54, 1.807) is 18.2 Å². The Labute approximate surface area is 219 Å². The van der Waals surface area contributed by atoms with Crippen molar-refractivity contribution < 1.29 is 13.2 Å². The molecule has 0 spiro atoms. The quantitative estimate of drug-likeness (QED) is 0.317. The summed E-state index contributed by atoms with van der Waals surface area (Å²) in [5.74, 6) is 1.23. The topological polar surface area (TPSA) is 58.6 Å². The molecule has 1 N–H and O–H groups in total. The second-order valence-electron chi connectivity index (χ2n) is 9.44. The van der Waals surface area contributed by atoms with E-state index in [0.717, 1.165) is 34.5 Å². The summed E-state index contributed by atoms with van der Waals surface area (Å²) in [6.45, 7) is 8.38. The summed E-state index contributed by atoms with van der Waals surface area (Å²) in [4.78, 5) is 0.292. The van der Waals surface area contributed by atoms with Crippen molar-refractivity contribution in [1.82, 2.24) is 4.31 Å². The van der Waals surface area contributed by atoms with Gasteiger partial charge in [0.05, 0.1) is 10.9 Å². The van der Waals surface area contributed by atoms with Crippen LogP contribution in [-0.4, -0.2) is 25.8 Å². The smallest absolute Gasteiger partial charge is 0.243 e. The molecule has 0 saturated carbocycles. The molecule has 5 rings (SSSR count). The van der Waals surface area contributed by atoms with Crippen molar-refractivity contribution in [3.05, 3.63) is 127 Å². The molecule has 190 valence electrons. The Kier molecular flexibility index (Phi) is 7.31. The zero-order valence-electron chi connectivity index (χ0n) is 20.8. The van der Waals surface area contributed by atoms with Crippen LogP contribution in [-0.2, 0) is 16.6 Å². The van der Waals surface area contributed by atoms with E-state index in [1.807, 2.05) is 48.5 Å². The zero-order valence-corrected chi connectivity index (χ0v) is 21.6. The first-order valence-corrected chi connectivity index (χ1v) is 14.0. The minimum absolute atomic E-state index is 0.0416. The first kappa shape index (κ1) is 25.1. The van der Waals surface area contributed by atoms with Gasteiger partial charge >= 0.3 is 0 Å². The first-order valence-electron chi connectivity index (χ1n) is 12.6. The van der Waals surface area contributed by atoms with Gasteiger partial charge in [0.1, 0.15) is 12.4 Å². The molecular weight excluding hydrogens is 480 g/mol. The third kappa shape index (κ3) is 4.99. The fourth-order valence-corrected chi connectivity index (χ4v) is 6.77. The fraction of sp³-hybridized carbons (Fsp3) is 0.226. The Morgan fingerprint density at radius 2 is 1.68 bits per heavy atom. The van der Waals surface area contributed by atoms with E-state index in [2.05, 4.69) is 48.8 Å². The lowest BCUT2D eigenvalue weighted by molar-refractivity contribution is 0.296. The largest absolute Gasteiger partial charge is 0.489 e. The van der Waals surface area contributed by atoms with E-state index in [4.69, 9.17) is 4.74 Å². The Morgan fingerprint density at radius 1 is 0.946 bits per heavy atom. The molecule has 0 radical (unpaired) electrons. The van der Waals surface area contributed by atoms with E-state index in [-0.39, 0.29) is 31.0 Å². The minimum Gasteiger partial charge on any atom is -0.489 e. The van der Waals surface area contributed by atoms with Crippen molar-refractivity contribution >= 4 is 15.7 Å². The van der Waals surface area contributed by atoms with E-state index in [9.17, 15) is 8.42 Å². The summed E-state index contributed by atoms with van der Waals surface area (Å²) in [7, 11) is -3.67. The third-order valence-corrected chi connectivity index (χ3v) is 8.96. The second-order valence-corrected chi connectivity index (χ2v) is 11.4. The average molecular weight is 513 g/mol. The van der Waals surface area contributed by atoms with Gasteiger partial charge < -0.3 is 10.1 Å². The summed E-state index contributed by atoms with van der Waals surface area (Å²) >= 11 is 0. The molecule has 1 heterocycles. The Bertz CT molecular complexity index is 1410. The van der Waals surface area contributed by atoms with Crippen LogP contribution >= 0.6 is 0 Å². The molecule has 3 atom stereocenters. The summed E-state index contributed by atoms with van der Waals surface area (Å²) in [6.07, 6.45) is 8.52. The number of nitrogens with one attached hydrogen (secondary N) is 1. The normalized spacial score (nSPS) is 20.1. The minimum atomic E-state index is -3.67. The molecule has 0 fully saturated rings. The molecule has 5 nitrogen and oxygen atoms in total. The molecule has 1 aliphatic heterocycles. The van der Waals surface area contributed by atoms with Gasteiger partial charge in [-0.1, -0.05) is 72.8 Å². The van der Waals surface area contributed by atoms with E-state index in [1.165, 1.54) is 4.31 Å². The lowest BCUT2D eigenvalue weighted by Crippen LogP contribution is -2.32. The first-order chi connectivity index (χ1) is 18.0.